The lowest BCUT2D eigenvalue weighted by Gasteiger charge is -2.13. The van der Waals surface area contributed by atoms with Crippen molar-refractivity contribution in [3.63, 3.8) is 0 Å². The average molecular weight is 450 g/mol. The van der Waals surface area contributed by atoms with Crippen LogP contribution in [0.15, 0.2) is 109 Å². The third-order valence-electron chi connectivity index (χ3n) is 6.34. The summed E-state index contributed by atoms with van der Waals surface area (Å²) in [5.74, 6) is 0.586. The molecule has 0 fully saturated rings. The first kappa shape index (κ1) is 19.6. The standard InChI is InChI=1S/C30H19N5/c1-3-9-21-19(7-1)16-18-32-28(21)30-34-25-12-5-10-22(24-13-6-17-31-24)27(25)29(35-30)26-15-14-20-8-2-4-11-23(20)33-26/h1-18,31H. The van der Waals surface area contributed by atoms with Gasteiger partial charge in [0.25, 0.3) is 0 Å². The molecule has 0 bridgehead atoms. The van der Waals surface area contributed by atoms with Crippen molar-refractivity contribution in [3.05, 3.63) is 109 Å². The van der Waals surface area contributed by atoms with E-state index in [0.717, 1.165) is 60.9 Å². The highest BCUT2D eigenvalue weighted by atomic mass is 14.9. The third-order valence-corrected chi connectivity index (χ3v) is 6.34. The Morgan fingerprint density at radius 1 is 0.571 bits per heavy atom. The third kappa shape index (κ3) is 3.25. The molecule has 0 amide bonds. The van der Waals surface area contributed by atoms with Crippen molar-refractivity contribution in [1.82, 2.24) is 24.9 Å². The van der Waals surface area contributed by atoms with Gasteiger partial charge in [-0.05, 0) is 41.8 Å². The van der Waals surface area contributed by atoms with Gasteiger partial charge < -0.3 is 4.98 Å². The summed E-state index contributed by atoms with van der Waals surface area (Å²) < 4.78 is 0. The highest BCUT2D eigenvalue weighted by Crippen LogP contribution is 2.36. The Morgan fingerprint density at radius 2 is 1.43 bits per heavy atom. The van der Waals surface area contributed by atoms with E-state index in [1.165, 1.54) is 0 Å². The molecule has 5 nitrogen and oxygen atoms in total. The molecule has 7 aromatic rings. The molecule has 0 aliphatic carbocycles. The fourth-order valence-electron chi connectivity index (χ4n) is 4.69. The number of benzene rings is 3. The SMILES string of the molecule is c1c[nH]c(-c2cccc3nc(-c4nccc5ccccc45)nc(-c4ccc5ccccc5n4)c23)c1. The molecular formula is C30H19N5. The fourth-order valence-corrected chi connectivity index (χ4v) is 4.69. The average Bonchev–Trinajstić information content (AvgIpc) is 3.46. The molecule has 0 saturated carbocycles. The highest BCUT2D eigenvalue weighted by Gasteiger charge is 2.18. The van der Waals surface area contributed by atoms with E-state index in [0.29, 0.717) is 5.82 Å². The number of nitrogens with zero attached hydrogens (tertiary/aromatic N) is 4. The molecule has 0 unspecified atom stereocenters. The van der Waals surface area contributed by atoms with Gasteiger partial charge in [-0.1, -0.05) is 60.7 Å². The van der Waals surface area contributed by atoms with Crippen LogP contribution in [0, 0.1) is 0 Å². The molecule has 4 heterocycles. The van der Waals surface area contributed by atoms with E-state index in [1.807, 2.05) is 73.1 Å². The maximum Gasteiger partial charge on any atom is 0.180 e. The predicted octanol–water partition coefficient (Wildman–Crippen LogP) is 7.06. The van der Waals surface area contributed by atoms with E-state index >= 15 is 0 Å². The van der Waals surface area contributed by atoms with Crippen molar-refractivity contribution in [2.24, 2.45) is 0 Å². The number of aromatic amines is 1. The monoisotopic (exact) mass is 449 g/mol. The Labute approximate surface area is 201 Å². The summed E-state index contributed by atoms with van der Waals surface area (Å²) in [4.78, 5) is 23.1. The van der Waals surface area contributed by atoms with Crippen molar-refractivity contribution in [2.75, 3.05) is 0 Å². The maximum absolute atomic E-state index is 5.12. The topological polar surface area (TPSA) is 67.3 Å². The Kier molecular flexibility index (Phi) is 4.39. The molecule has 164 valence electrons. The van der Waals surface area contributed by atoms with Crippen LogP contribution in [-0.4, -0.2) is 24.9 Å². The summed E-state index contributed by atoms with van der Waals surface area (Å²) >= 11 is 0. The molecule has 0 saturated heterocycles. The maximum atomic E-state index is 5.12. The molecule has 0 radical (unpaired) electrons. The number of para-hydroxylation sites is 1. The second kappa shape index (κ2) is 7.85. The summed E-state index contributed by atoms with van der Waals surface area (Å²) in [7, 11) is 0. The predicted molar refractivity (Wildman–Crippen MR) is 141 cm³/mol. The van der Waals surface area contributed by atoms with Crippen LogP contribution in [0.25, 0.3) is 66.7 Å². The van der Waals surface area contributed by atoms with E-state index in [1.54, 1.807) is 0 Å². The van der Waals surface area contributed by atoms with Crippen molar-refractivity contribution < 1.29 is 0 Å². The van der Waals surface area contributed by atoms with Gasteiger partial charge in [0, 0.05) is 39.8 Å². The van der Waals surface area contributed by atoms with Gasteiger partial charge in [0.05, 0.1) is 16.7 Å². The van der Waals surface area contributed by atoms with E-state index in [2.05, 4.69) is 46.4 Å². The largest absolute Gasteiger partial charge is 0.361 e. The zero-order valence-electron chi connectivity index (χ0n) is 18.7. The normalized spacial score (nSPS) is 11.4. The van der Waals surface area contributed by atoms with Crippen molar-refractivity contribution in [2.45, 2.75) is 0 Å². The van der Waals surface area contributed by atoms with Crippen molar-refractivity contribution >= 4 is 32.6 Å². The summed E-state index contributed by atoms with van der Waals surface area (Å²) in [5.41, 5.74) is 6.18. The molecule has 1 N–H and O–H groups in total. The Balaban J connectivity index is 1.58. The van der Waals surface area contributed by atoms with Gasteiger partial charge >= 0.3 is 0 Å². The molecule has 0 aliphatic heterocycles. The van der Waals surface area contributed by atoms with Gasteiger partial charge in [-0.15, -0.1) is 0 Å². The fraction of sp³-hybridized carbons (Fsp3) is 0. The number of H-pyrrole nitrogens is 1. The van der Waals surface area contributed by atoms with Gasteiger partial charge in [-0.2, -0.15) is 0 Å². The lowest BCUT2D eigenvalue weighted by molar-refractivity contribution is 1.18. The van der Waals surface area contributed by atoms with Crippen molar-refractivity contribution in [3.8, 4) is 34.2 Å². The lowest BCUT2D eigenvalue weighted by atomic mass is 10.0. The van der Waals surface area contributed by atoms with Crippen molar-refractivity contribution in [1.29, 1.82) is 0 Å². The van der Waals surface area contributed by atoms with Crippen LogP contribution in [0.4, 0.5) is 0 Å². The molecule has 0 spiro atoms. The number of fused-ring (bicyclic) bond motifs is 3. The molecule has 4 aromatic heterocycles. The number of hydrogen-bond donors (Lipinski definition) is 1. The minimum Gasteiger partial charge on any atom is -0.361 e. The molecule has 7 rings (SSSR count). The lowest BCUT2D eigenvalue weighted by Crippen LogP contribution is -2.00. The van der Waals surface area contributed by atoms with Gasteiger partial charge in [0.1, 0.15) is 11.4 Å². The van der Waals surface area contributed by atoms with Crippen LogP contribution in [-0.2, 0) is 0 Å². The smallest absolute Gasteiger partial charge is 0.180 e. The Morgan fingerprint density at radius 3 is 2.34 bits per heavy atom. The summed E-state index contributed by atoms with van der Waals surface area (Å²) in [6.45, 7) is 0. The Bertz CT molecular complexity index is 1850. The van der Waals surface area contributed by atoms with Gasteiger partial charge in [-0.25, -0.2) is 15.0 Å². The quantitative estimate of drug-likeness (QED) is 0.314. The zero-order valence-corrected chi connectivity index (χ0v) is 18.7. The first-order chi connectivity index (χ1) is 17.3. The molecule has 3 aromatic carbocycles. The van der Waals surface area contributed by atoms with Crippen LogP contribution >= 0.6 is 0 Å². The van der Waals surface area contributed by atoms with E-state index in [-0.39, 0.29) is 0 Å². The number of nitrogens with one attached hydrogen (secondary N) is 1. The first-order valence-corrected chi connectivity index (χ1v) is 11.5. The number of rotatable bonds is 3. The second-order valence-corrected chi connectivity index (χ2v) is 8.45. The first-order valence-electron chi connectivity index (χ1n) is 11.5. The molecule has 0 aliphatic rings. The number of pyridine rings is 2. The van der Waals surface area contributed by atoms with Crippen LogP contribution in [0.2, 0.25) is 0 Å². The Hall–Kier alpha value is -4.90. The van der Waals surface area contributed by atoms with E-state index in [9.17, 15) is 0 Å². The number of hydrogen-bond acceptors (Lipinski definition) is 4. The minimum atomic E-state index is 0.586. The highest BCUT2D eigenvalue weighted by molar-refractivity contribution is 6.04. The molecule has 0 atom stereocenters. The van der Waals surface area contributed by atoms with Gasteiger partial charge in [0.2, 0.25) is 0 Å². The van der Waals surface area contributed by atoms with Crippen LogP contribution in [0.3, 0.4) is 0 Å². The van der Waals surface area contributed by atoms with Crippen LogP contribution < -0.4 is 0 Å². The zero-order chi connectivity index (χ0) is 23.2. The van der Waals surface area contributed by atoms with Gasteiger partial charge in [-0.3, -0.25) is 4.98 Å². The summed E-state index contributed by atoms with van der Waals surface area (Å²) in [6.07, 6.45) is 3.74. The summed E-state index contributed by atoms with van der Waals surface area (Å²) in [6, 6.07) is 32.7. The number of aromatic nitrogens is 5. The second-order valence-electron chi connectivity index (χ2n) is 8.45. The molecular weight excluding hydrogens is 430 g/mol. The molecule has 5 heteroatoms. The van der Waals surface area contributed by atoms with E-state index in [4.69, 9.17) is 15.0 Å². The van der Waals surface area contributed by atoms with Gasteiger partial charge in [0.15, 0.2) is 5.82 Å². The molecule has 35 heavy (non-hydrogen) atoms. The summed E-state index contributed by atoms with van der Waals surface area (Å²) in [5, 5.41) is 4.18. The van der Waals surface area contributed by atoms with E-state index < -0.39 is 0 Å². The minimum absolute atomic E-state index is 0.586. The van der Waals surface area contributed by atoms with Crippen LogP contribution in [0.1, 0.15) is 0 Å². The van der Waals surface area contributed by atoms with Crippen LogP contribution in [0.5, 0.6) is 0 Å².